The molecule has 0 aromatic heterocycles. The fourth-order valence-corrected chi connectivity index (χ4v) is 10.5. The summed E-state index contributed by atoms with van der Waals surface area (Å²) in [7, 11) is 2.03. The highest BCUT2D eigenvalue weighted by molar-refractivity contribution is 5.26. The van der Waals surface area contributed by atoms with E-state index in [9.17, 15) is 0 Å². The molecule has 5 fully saturated rings. The van der Waals surface area contributed by atoms with Gasteiger partial charge in [-0.1, -0.05) is 46.8 Å². The summed E-state index contributed by atoms with van der Waals surface area (Å²) in [5.74, 6) is 6.38. The van der Waals surface area contributed by atoms with Crippen molar-refractivity contribution in [2.75, 3.05) is 7.11 Å². The molecule has 5 saturated carbocycles. The van der Waals surface area contributed by atoms with Gasteiger partial charge in [0.05, 0.1) is 6.10 Å². The van der Waals surface area contributed by atoms with Crippen LogP contribution in [0.4, 0.5) is 0 Å². The van der Waals surface area contributed by atoms with Gasteiger partial charge in [-0.25, -0.2) is 0 Å². The molecule has 0 aromatic rings. The van der Waals surface area contributed by atoms with Gasteiger partial charge in [0, 0.05) is 12.5 Å². The van der Waals surface area contributed by atoms with Gasteiger partial charge in [0.15, 0.2) is 0 Å². The molecule has 0 heterocycles. The molecule has 10 atom stereocenters. The van der Waals surface area contributed by atoms with E-state index >= 15 is 0 Å². The van der Waals surface area contributed by atoms with Crippen LogP contribution in [0.15, 0.2) is 12.2 Å². The molecule has 5 aliphatic carbocycles. The number of rotatable bonds is 6. The Morgan fingerprint density at radius 2 is 1.80 bits per heavy atom. The van der Waals surface area contributed by atoms with Crippen LogP contribution in [0.3, 0.4) is 0 Å². The fraction of sp³-hybridized carbons (Fsp3) is 0.931. The van der Waals surface area contributed by atoms with Crippen LogP contribution in [0, 0.1) is 57.7 Å². The maximum Gasteiger partial charge on any atom is 0.0638 e. The third-order valence-corrected chi connectivity index (χ3v) is 11.9. The standard InChI is InChI=1S/C29H48O/c1-19(2)9-7-8-10-20(3)23-11-12-24-22-17-26(30-6)29-18-21(29)13-16-28(29,5)25(22)14-15-27(23,24)4/h7,9,19-26H,8,10-18H2,1-6H3/b9-7-/t20-,21+,22+,23-,24+,25+,26-,27-,28-,29+/m1/s1. The Morgan fingerprint density at radius 1 is 1.00 bits per heavy atom. The zero-order valence-corrected chi connectivity index (χ0v) is 20.8. The van der Waals surface area contributed by atoms with Crippen molar-refractivity contribution in [2.45, 2.75) is 105 Å². The van der Waals surface area contributed by atoms with Crippen LogP contribution < -0.4 is 0 Å². The van der Waals surface area contributed by atoms with Crippen LogP contribution in [0.5, 0.6) is 0 Å². The van der Waals surface area contributed by atoms with Crippen LogP contribution in [-0.2, 0) is 4.74 Å². The molecule has 1 spiro atoms. The molecule has 0 radical (unpaired) electrons. The predicted molar refractivity (Wildman–Crippen MR) is 126 cm³/mol. The first-order valence-electron chi connectivity index (χ1n) is 13.5. The Labute approximate surface area is 186 Å². The average molecular weight is 413 g/mol. The van der Waals surface area contributed by atoms with E-state index in [4.69, 9.17) is 4.74 Å². The molecular formula is C29H48O. The monoisotopic (exact) mass is 412 g/mol. The highest BCUT2D eigenvalue weighted by Crippen LogP contribution is 2.82. The molecule has 170 valence electrons. The van der Waals surface area contributed by atoms with Gasteiger partial charge in [-0.2, -0.15) is 0 Å². The Kier molecular flexibility index (Phi) is 5.28. The van der Waals surface area contributed by atoms with Gasteiger partial charge >= 0.3 is 0 Å². The van der Waals surface area contributed by atoms with Gasteiger partial charge in [-0.05, 0) is 116 Å². The Bertz CT molecular complexity index is 680. The first-order chi connectivity index (χ1) is 14.3. The van der Waals surface area contributed by atoms with Gasteiger partial charge < -0.3 is 4.74 Å². The minimum Gasteiger partial charge on any atom is -0.381 e. The summed E-state index contributed by atoms with van der Waals surface area (Å²) < 4.78 is 6.30. The lowest BCUT2D eigenvalue weighted by Gasteiger charge is -2.61. The minimum absolute atomic E-state index is 0.552. The number of methoxy groups -OCH3 is 1. The van der Waals surface area contributed by atoms with Crippen molar-refractivity contribution in [3.63, 3.8) is 0 Å². The lowest BCUT2D eigenvalue weighted by atomic mass is 9.45. The molecule has 0 amide bonds. The first-order valence-corrected chi connectivity index (χ1v) is 13.5. The largest absolute Gasteiger partial charge is 0.381 e. The second-order valence-electron chi connectivity index (χ2n) is 13.2. The highest BCUT2D eigenvalue weighted by atomic mass is 16.5. The molecule has 1 nitrogen and oxygen atoms in total. The summed E-state index contributed by atoms with van der Waals surface area (Å²) in [5.41, 5.74) is 1.74. The van der Waals surface area contributed by atoms with Crippen molar-refractivity contribution in [1.29, 1.82) is 0 Å². The molecule has 0 aromatic carbocycles. The van der Waals surface area contributed by atoms with Gasteiger partial charge in [0.2, 0.25) is 0 Å². The van der Waals surface area contributed by atoms with Crippen LogP contribution in [0.1, 0.15) is 98.8 Å². The van der Waals surface area contributed by atoms with Crippen molar-refractivity contribution < 1.29 is 4.74 Å². The lowest BCUT2D eigenvalue weighted by molar-refractivity contribution is -0.161. The Hall–Kier alpha value is -0.300. The number of fused-ring (bicyclic) bond motifs is 4. The predicted octanol–water partition coefficient (Wildman–Crippen LogP) is 7.90. The van der Waals surface area contributed by atoms with Gasteiger partial charge in [-0.15, -0.1) is 0 Å². The quantitative estimate of drug-likeness (QED) is 0.403. The second kappa shape index (κ2) is 7.36. The summed E-state index contributed by atoms with van der Waals surface area (Å²) in [4.78, 5) is 0. The molecule has 5 rings (SSSR count). The smallest absolute Gasteiger partial charge is 0.0638 e. The molecule has 0 bridgehead atoms. The van der Waals surface area contributed by atoms with Crippen LogP contribution in [0.25, 0.3) is 0 Å². The zero-order valence-electron chi connectivity index (χ0n) is 20.8. The Balaban J connectivity index is 1.33. The Morgan fingerprint density at radius 3 is 2.50 bits per heavy atom. The van der Waals surface area contributed by atoms with E-state index in [1.807, 2.05) is 7.11 Å². The van der Waals surface area contributed by atoms with Gasteiger partial charge in [0.1, 0.15) is 0 Å². The maximum atomic E-state index is 6.30. The summed E-state index contributed by atoms with van der Waals surface area (Å²) in [6, 6.07) is 0. The molecule has 5 aliphatic rings. The molecule has 0 aliphatic heterocycles. The molecule has 0 unspecified atom stereocenters. The van der Waals surface area contributed by atoms with Gasteiger partial charge in [-0.3, -0.25) is 0 Å². The average Bonchev–Trinajstić information content (AvgIpc) is 3.21. The normalized spacial score (nSPS) is 52.8. The third-order valence-electron chi connectivity index (χ3n) is 11.9. The lowest BCUT2D eigenvalue weighted by Crippen LogP contribution is -2.57. The van der Waals surface area contributed by atoms with E-state index in [0.29, 0.717) is 28.3 Å². The topological polar surface area (TPSA) is 9.23 Å². The van der Waals surface area contributed by atoms with Crippen molar-refractivity contribution in [3.8, 4) is 0 Å². The van der Waals surface area contributed by atoms with E-state index in [1.54, 1.807) is 0 Å². The van der Waals surface area contributed by atoms with Crippen LogP contribution in [-0.4, -0.2) is 13.2 Å². The molecule has 30 heavy (non-hydrogen) atoms. The summed E-state index contributed by atoms with van der Waals surface area (Å²) in [5, 5.41) is 0. The van der Waals surface area contributed by atoms with E-state index in [1.165, 1.54) is 64.2 Å². The summed E-state index contributed by atoms with van der Waals surface area (Å²) in [6.45, 7) is 12.6. The molecule has 1 heteroatoms. The molecular weight excluding hydrogens is 364 g/mol. The highest BCUT2D eigenvalue weighted by Gasteiger charge is 2.77. The number of hydrogen-bond acceptors (Lipinski definition) is 1. The molecule has 0 saturated heterocycles. The number of allylic oxidation sites excluding steroid dienone is 2. The van der Waals surface area contributed by atoms with Crippen LogP contribution in [0.2, 0.25) is 0 Å². The maximum absolute atomic E-state index is 6.30. The van der Waals surface area contributed by atoms with Crippen LogP contribution >= 0.6 is 0 Å². The van der Waals surface area contributed by atoms with E-state index in [-0.39, 0.29) is 0 Å². The van der Waals surface area contributed by atoms with Crippen molar-refractivity contribution in [2.24, 2.45) is 57.7 Å². The summed E-state index contributed by atoms with van der Waals surface area (Å²) in [6.07, 6.45) is 19.9. The van der Waals surface area contributed by atoms with E-state index < -0.39 is 0 Å². The van der Waals surface area contributed by atoms with Crippen molar-refractivity contribution in [1.82, 2.24) is 0 Å². The zero-order chi connectivity index (χ0) is 21.3. The summed E-state index contributed by atoms with van der Waals surface area (Å²) >= 11 is 0. The van der Waals surface area contributed by atoms with Crippen molar-refractivity contribution >= 4 is 0 Å². The minimum atomic E-state index is 0.552. The molecule has 0 N–H and O–H groups in total. The number of ether oxygens (including phenoxy) is 1. The van der Waals surface area contributed by atoms with Gasteiger partial charge in [0.25, 0.3) is 0 Å². The van der Waals surface area contributed by atoms with E-state index in [2.05, 4.69) is 46.8 Å². The first kappa shape index (κ1) is 21.5. The second-order valence-corrected chi connectivity index (χ2v) is 13.2. The number of hydrogen-bond donors (Lipinski definition) is 0. The van der Waals surface area contributed by atoms with Crippen molar-refractivity contribution in [3.05, 3.63) is 12.2 Å². The van der Waals surface area contributed by atoms with E-state index in [0.717, 1.165) is 35.5 Å². The SMILES string of the molecule is CO[C@@H]1C[C@H]2[C@@H]3CC[C@H]([C@H](C)CC/C=C\C(C)C)[C@@]3(C)CC[C@@H]2[C@@]2(C)CC[C@H]3C[C@]312. The fourth-order valence-electron chi connectivity index (χ4n) is 10.5. The third kappa shape index (κ3) is 2.82.